The molecule has 0 radical (unpaired) electrons. The second-order valence-corrected chi connectivity index (χ2v) is 5.17. The van der Waals surface area contributed by atoms with Crippen molar-refractivity contribution < 1.29 is 8.42 Å². The molecule has 3 heteroatoms. The summed E-state index contributed by atoms with van der Waals surface area (Å²) in [5, 5.41) is 0. The van der Waals surface area contributed by atoms with E-state index in [2.05, 4.69) is 0 Å². The van der Waals surface area contributed by atoms with Gasteiger partial charge in [0.05, 0.1) is 4.90 Å². The van der Waals surface area contributed by atoms with Crippen LogP contribution in [0.1, 0.15) is 18.9 Å². The van der Waals surface area contributed by atoms with E-state index in [1.165, 1.54) is 6.26 Å². The summed E-state index contributed by atoms with van der Waals surface area (Å²) in [5.74, 6) is 0. The molecule has 0 heterocycles. The minimum absolute atomic E-state index is 0.371. The summed E-state index contributed by atoms with van der Waals surface area (Å²) in [5.41, 5.74) is 0.926. The fourth-order valence-electron chi connectivity index (χ4n) is 1.10. The molecule has 0 saturated carbocycles. The summed E-state index contributed by atoms with van der Waals surface area (Å²) in [4.78, 5) is 0.371. The summed E-state index contributed by atoms with van der Waals surface area (Å²) in [6, 6.07) is 6.94. The van der Waals surface area contributed by atoms with Gasteiger partial charge in [0.1, 0.15) is 0 Å². The average Bonchev–Trinajstić information content (AvgIpc) is 2.14. The van der Waals surface area contributed by atoms with E-state index < -0.39 is 9.84 Å². The van der Waals surface area contributed by atoms with Crippen molar-refractivity contribution in [2.75, 3.05) is 6.26 Å². The van der Waals surface area contributed by atoms with Gasteiger partial charge < -0.3 is 0 Å². The number of hydrogen-bond acceptors (Lipinski definition) is 2. The Morgan fingerprint density at radius 3 is 2.64 bits per heavy atom. The molecule has 2 nitrogen and oxygen atoms in total. The lowest BCUT2D eigenvalue weighted by molar-refractivity contribution is 0.602. The SMILES string of the molecule is CC/C=C/c1cccc(S(C)(=O)=O)c1. The van der Waals surface area contributed by atoms with Gasteiger partial charge in [0, 0.05) is 6.26 Å². The normalized spacial score (nSPS) is 12.1. The fourth-order valence-corrected chi connectivity index (χ4v) is 1.78. The molecule has 0 aliphatic carbocycles. The van der Waals surface area contributed by atoms with Gasteiger partial charge in [0.2, 0.25) is 0 Å². The average molecular weight is 210 g/mol. The maximum Gasteiger partial charge on any atom is 0.175 e. The first-order valence-electron chi connectivity index (χ1n) is 4.50. The van der Waals surface area contributed by atoms with Crippen molar-refractivity contribution in [3.05, 3.63) is 35.9 Å². The van der Waals surface area contributed by atoms with Crippen LogP contribution in [0.2, 0.25) is 0 Å². The summed E-state index contributed by atoms with van der Waals surface area (Å²) in [6.07, 6.45) is 6.09. The Bertz CT molecular complexity index is 430. The zero-order chi connectivity index (χ0) is 10.6. The van der Waals surface area contributed by atoms with Crippen LogP contribution < -0.4 is 0 Å². The Hall–Kier alpha value is -1.09. The van der Waals surface area contributed by atoms with Gasteiger partial charge >= 0.3 is 0 Å². The zero-order valence-electron chi connectivity index (χ0n) is 8.40. The van der Waals surface area contributed by atoms with Gasteiger partial charge in [-0.05, 0) is 24.1 Å². The van der Waals surface area contributed by atoms with Gasteiger partial charge in [-0.2, -0.15) is 0 Å². The van der Waals surface area contributed by atoms with Gasteiger partial charge in [0.15, 0.2) is 9.84 Å². The van der Waals surface area contributed by atoms with Gasteiger partial charge in [-0.15, -0.1) is 0 Å². The first-order valence-corrected chi connectivity index (χ1v) is 6.40. The van der Waals surface area contributed by atoms with Crippen molar-refractivity contribution >= 4 is 15.9 Å². The van der Waals surface area contributed by atoms with E-state index >= 15 is 0 Å². The number of benzene rings is 1. The Morgan fingerprint density at radius 1 is 1.36 bits per heavy atom. The first-order chi connectivity index (χ1) is 6.54. The van der Waals surface area contributed by atoms with Crippen LogP contribution in [0.3, 0.4) is 0 Å². The molecule has 14 heavy (non-hydrogen) atoms. The van der Waals surface area contributed by atoms with Crippen molar-refractivity contribution in [3.63, 3.8) is 0 Å². The summed E-state index contributed by atoms with van der Waals surface area (Å²) in [6.45, 7) is 2.04. The zero-order valence-corrected chi connectivity index (χ0v) is 9.21. The Kier molecular flexibility index (Phi) is 3.47. The van der Waals surface area contributed by atoms with Crippen LogP contribution in [0, 0.1) is 0 Å². The van der Waals surface area contributed by atoms with Crippen LogP contribution >= 0.6 is 0 Å². The number of sulfone groups is 1. The van der Waals surface area contributed by atoms with Crippen molar-refractivity contribution in [1.29, 1.82) is 0 Å². The van der Waals surface area contributed by atoms with E-state index in [9.17, 15) is 8.42 Å². The van der Waals surface area contributed by atoms with E-state index in [-0.39, 0.29) is 0 Å². The molecule has 0 atom stereocenters. The highest BCUT2D eigenvalue weighted by Crippen LogP contribution is 2.12. The smallest absolute Gasteiger partial charge is 0.175 e. The van der Waals surface area contributed by atoms with Crippen LogP contribution in [0.15, 0.2) is 35.2 Å². The molecule has 0 aliphatic rings. The first kappa shape index (κ1) is 11.0. The van der Waals surface area contributed by atoms with Crippen molar-refractivity contribution in [1.82, 2.24) is 0 Å². The quantitative estimate of drug-likeness (QED) is 0.768. The van der Waals surface area contributed by atoms with Crippen molar-refractivity contribution in [3.8, 4) is 0 Å². The van der Waals surface area contributed by atoms with Gasteiger partial charge in [-0.1, -0.05) is 31.2 Å². The molecule has 0 spiro atoms. The predicted octanol–water partition coefficient (Wildman–Crippen LogP) is 2.51. The maximum atomic E-state index is 11.2. The third kappa shape index (κ3) is 3.00. The highest BCUT2D eigenvalue weighted by molar-refractivity contribution is 7.90. The maximum absolute atomic E-state index is 11.2. The third-order valence-electron chi connectivity index (χ3n) is 1.83. The van der Waals surface area contributed by atoms with E-state index in [1.807, 2.05) is 25.1 Å². The molecular formula is C11H14O2S. The summed E-state index contributed by atoms with van der Waals surface area (Å²) < 4.78 is 22.5. The molecule has 0 unspecified atom stereocenters. The topological polar surface area (TPSA) is 34.1 Å². The van der Waals surface area contributed by atoms with Crippen LogP contribution in [-0.2, 0) is 9.84 Å². The molecule has 1 rings (SSSR count). The summed E-state index contributed by atoms with van der Waals surface area (Å²) in [7, 11) is -3.08. The standard InChI is InChI=1S/C11H14O2S/c1-3-4-6-10-7-5-8-11(9-10)14(2,12)13/h4-9H,3H2,1-2H3/b6-4+. The highest BCUT2D eigenvalue weighted by Gasteiger charge is 2.05. The van der Waals surface area contributed by atoms with E-state index in [1.54, 1.807) is 18.2 Å². The number of hydrogen-bond donors (Lipinski definition) is 0. The second-order valence-electron chi connectivity index (χ2n) is 3.16. The van der Waals surface area contributed by atoms with E-state index in [0.717, 1.165) is 12.0 Å². The highest BCUT2D eigenvalue weighted by atomic mass is 32.2. The lowest BCUT2D eigenvalue weighted by atomic mass is 10.2. The van der Waals surface area contributed by atoms with Gasteiger partial charge in [-0.3, -0.25) is 0 Å². The van der Waals surface area contributed by atoms with E-state index in [4.69, 9.17) is 0 Å². The lowest BCUT2D eigenvalue weighted by Gasteiger charge is -1.99. The second kappa shape index (κ2) is 4.42. The third-order valence-corrected chi connectivity index (χ3v) is 2.94. The van der Waals surface area contributed by atoms with Gasteiger partial charge in [-0.25, -0.2) is 8.42 Å². The molecule has 0 saturated heterocycles. The van der Waals surface area contributed by atoms with E-state index in [0.29, 0.717) is 4.90 Å². The Labute approximate surface area is 85.2 Å². The van der Waals surface area contributed by atoms with Gasteiger partial charge in [0.25, 0.3) is 0 Å². The Balaban J connectivity index is 3.08. The molecule has 0 aliphatic heterocycles. The van der Waals surface area contributed by atoms with Crippen LogP contribution in [0.25, 0.3) is 6.08 Å². The predicted molar refractivity (Wildman–Crippen MR) is 58.9 cm³/mol. The lowest BCUT2D eigenvalue weighted by Crippen LogP contribution is -1.96. The number of rotatable bonds is 3. The molecule has 0 fully saturated rings. The molecule has 0 bridgehead atoms. The van der Waals surface area contributed by atoms with Crippen LogP contribution in [0.5, 0.6) is 0 Å². The summed E-state index contributed by atoms with van der Waals surface area (Å²) >= 11 is 0. The van der Waals surface area contributed by atoms with Crippen LogP contribution in [0.4, 0.5) is 0 Å². The molecule has 0 aromatic heterocycles. The van der Waals surface area contributed by atoms with Crippen LogP contribution in [-0.4, -0.2) is 14.7 Å². The monoisotopic (exact) mass is 210 g/mol. The largest absolute Gasteiger partial charge is 0.224 e. The molecular weight excluding hydrogens is 196 g/mol. The Morgan fingerprint density at radius 2 is 2.07 bits per heavy atom. The molecule has 0 amide bonds. The molecule has 76 valence electrons. The molecule has 0 N–H and O–H groups in total. The van der Waals surface area contributed by atoms with Crippen molar-refractivity contribution in [2.45, 2.75) is 18.2 Å². The minimum Gasteiger partial charge on any atom is -0.224 e. The molecule has 1 aromatic carbocycles. The van der Waals surface area contributed by atoms with Crippen molar-refractivity contribution in [2.24, 2.45) is 0 Å². The fraction of sp³-hybridized carbons (Fsp3) is 0.273. The minimum atomic E-state index is -3.08. The molecule has 1 aromatic rings. The number of allylic oxidation sites excluding steroid dienone is 1.